The SMILES string of the molecule is O=CNC1CCN(Cc2ccccc2)CC1=O. The molecule has 1 amide bonds. The maximum atomic E-state index is 11.7. The Morgan fingerprint density at radius 3 is 2.76 bits per heavy atom. The van der Waals surface area contributed by atoms with E-state index in [-0.39, 0.29) is 11.8 Å². The Morgan fingerprint density at radius 1 is 1.35 bits per heavy atom. The molecule has 1 saturated heterocycles. The first-order valence-corrected chi connectivity index (χ1v) is 5.78. The number of likely N-dealkylation sites (tertiary alicyclic amines) is 1. The lowest BCUT2D eigenvalue weighted by Gasteiger charge is -2.30. The Labute approximate surface area is 101 Å². The molecule has 1 aliphatic rings. The Bertz CT molecular complexity index is 392. The fraction of sp³-hybridized carbons (Fsp3) is 0.385. The number of amides is 1. The molecule has 0 radical (unpaired) electrons. The molecule has 1 aliphatic heterocycles. The lowest BCUT2D eigenvalue weighted by atomic mass is 10.0. The van der Waals surface area contributed by atoms with E-state index >= 15 is 0 Å². The van der Waals surface area contributed by atoms with Crippen LogP contribution in [0.25, 0.3) is 0 Å². The number of ketones is 1. The number of carbonyl (C=O) groups is 2. The van der Waals surface area contributed by atoms with Crippen molar-refractivity contribution >= 4 is 12.2 Å². The molecule has 2 rings (SSSR count). The van der Waals surface area contributed by atoms with E-state index in [4.69, 9.17) is 0 Å². The quantitative estimate of drug-likeness (QED) is 0.772. The van der Waals surface area contributed by atoms with Gasteiger partial charge < -0.3 is 5.32 Å². The van der Waals surface area contributed by atoms with E-state index in [0.717, 1.165) is 13.1 Å². The molecular formula is C13H16N2O2. The van der Waals surface area contributed by atoms with Gasteiger partial charge in [0.2, 0.25) is 6.41 Å². The van der Waals surface area contributed by atoms with Crippen molar-refractivity contribution in [3.8, 4) is 0 Å². The molecule has 90 valence electrons. The molecule has 1 unspecified atom stereocenters. The van der Waals surface area contributed by atoms with Gasteiger partial charge in [0.15, 0.2) is 5.78 Å². The summed E-state index contributed by atoms with van der Waals surface area (Å²) in [6, 6.07) is 9.80. The van der Waals surface area contributed by atoms with Crippen LogP contribution in [-0.2, 0) is 16.1 Å². The Hall–Kier alpha value is -1.68. The number of nitrogens with zero attached hydrogens (tertiary/aromatic N) is 1. The molecule has 1 N–H and O–H groups in total. The minimum absolute atomic E-state index is 0.0966. The van der Waals surface area contributed by atoms with E-state index in [0.29, 0.717) is 19.4 Å². The van der Waals surface area contributed by atoms with Crippen LogP contribution >= 0.6 is 0 Å². The minimum atomic E-state index is -0.292. The number of hydrogen-bond acceptors (Lipinski definition) is 3. The zero-order valence-corrected chi connectivity index (χ0v) is 9.63. The third-order valence-corrected chi connectivity index (χ3v) is 3.02. The molecule has 1 aromatic rings. The van der Waals surface area contributed by atoms with Gasteiger partial charge in [-0.3, -0.25) is 14.5 Å². The third kappa shape index (κ3) is 3.14. The molecule has 4 nitrogen and oxygen atoms in total. The first-order chi connectivity index (χ1) is 8.29. The van der Waals surface area contributed by atoms with E-state index in [1.165, 1.54) is 5.56 Å². The normalized spacial score (nSPS) is 21.2. The standard InChI is InChI=1S/C13H16N2O2/c16-10-14-12-6-7-15(9-13(12)17)8-11-4-2-1-3-5-11/h1-5,10,12H,6-9H2,(H,14,16). The number of Topliss-reactive ketones (excluding diaryl/α,β-unsaturated/α-hetero) is 1. The molecule has 17 heavy (non-hydrogen) atoms. The largest absolute Gasteiger partial charge is 0.349 e. The summed E-state index contributed by atoms with van der Waals surface area (Å²) in [6.07, 6.45) is 1.31. The number of benzene rings is 1. The second kappa shape index (κ2) is 5.59. The van der Waals surface area contributed by atoms with Crippen LogP contribution in [0.2, 0.25) is 0 Å². The van der Waals surface area contributed by atoms with Gasteiger partial charge in [0.1, 0.15) is 0 Å². The van der Waals surface area contributed by atoms with Gasteiger partial charge in [-0.15, -0.1) is 0 Å². The molecule has 1 heterocycles. The van der Waals surface area contributed by atoms with Crippen LogP contribution in [0.5, 0.6) is 0 Å². The molecule has 0 aliphatic carbocycles. The molecule has 0 spiro atoms. The summed E-state index contributed by atoms with van der Waals surface area (Å²) in [6.45, 7) is 2.05. The second-order valence-electron chi connectivity index (χ2n) is 4.29. The van der Waals surface area contributed by atoms with Crippen LogP contribution in [0.3, 0.4) is 0 Å². The number of nitrogens with one attached hydrogen (secondary N) is 1. The first-order valence-electron chi connectivity index (χ1n) is 5.78. The van der Waals surface area contributed by atoms with E-state index in [1.807, 2.05) is 18.2 Å². The number of hydrogen-bond donors (Lipinski definition) is 1. The van der Waals surface area contributed by atoms with Crippen LogP contribution in [0.15, 0.2) is 30.3 Å². The van der Waals surface area contributed by atoms with E-state index in [2.05, 4.69) is 22.3 Å². The topological polar surface area (TPSA) is 49.4 Å². The fourth-order valence-corrected chi connectivity index (χ4v) is 2.12. The van der Waals surface area contributed by atoms with Gasteiger partial charge in [-0.05, 0) is 12.0 Å². The van der Waals surface area contributed by atoms with Crippen LogP contribution in [0, 0.1) is 0 Å². The van der Waals surface area contributed by atoms with Crippen LogP contribution in [0.4, 0.5) is 0 Å². The van der Waals surface area contributed by atoms with Crippen molar-refractivity contribution in [1.82, 2.24) is 10.2 Å². The van der Waals surface area contributed by atoms with Gasteiger partial charge in [-0.2, -0.15) is 0 Å². The Morgan fingerprint density at radius 2 is 2.12 bits per heavy atom. The molecule has 0 aromatic heterocycles. The summed E-state index contributed by atoms with van der Waals surface area (Å²) in [5, 5.41) is 2.56. The lowest BCUT2D eigenvalue weighted by Crippen LogP contribution is -2.49. The van der Waals surface area contributed by atoms with E-state index < -0.39 is 0 Å². The van der Waals surface area contributed by atoms with Crippen LogP contribution in [-0.4, -0.2) is 36.2 Å². The van der Waals surface area contributed by atoms with E-state index in [1.54, 1.807) is 0 Å². The van der Waals surface area contributed by atoms with E-state index in [9.17, 15) is 9.59 Å². The van der Waals surface area contributed by atoms with Crippen molar-refractivity contribution in [2.24, 2.45) is 0 Å². The first kappa shape index (κ1) is 11.8. The van der Waals surface area contributed by atoms with Gasteiger partial charge in [-0.1, -0.05) is 30.3 Å². The molecule has 0 bridgehead atoms. The number of piperidine rings is 1. The maximum absolute atomic E-state index is 11.7. The smallest absolute Gasteiger partial charge is 0.207 e. The summed E-state index contributed by atoms with van der Waals surface area (Å²) in [5.74, 6) is 0.0966. The summed E-state index contributed by atoms with van der Waals surface area (Å²) in [5.41, 5.74) is 1.21. The lowest BCUT2D eigenvalue weighted by molar-refractivity contribution is -0.127. The van der Waals surface area contributed by atoms with Crippen molar-refractivity contribution in [2.45, 2.75) is 19.0 Å². The van der Waals surface area contributed by atoms with Crippen LogP contribution in [0.1, 0.15) is 12.0 Å². The van der Waals surface area contributed by atoms with Crippen molar-refractivity contribution in [2.75, 3.05) is 13.1 Å². The zero-order chi connectivity index (χ0) is 12.1. The fourth-order valence-electron chi connectivity index (χ4n) is 2.12. The van der Waals surface area contributed by atoms with Crippen molar-refractivity contribution in [3.63, 3.8) is 0 Å². The number of rotatable bonds is 4. The van der Waals surface area contributed by atoms with Crippen molar-refractivity contribution in [1.29, 1.82) is 0 Å². The van der Waals surface area contributed by atoms with Crippen molar-refractivity contribution < 1.29 is 9.59 Å². The molecular weight excluding hydrogens is 216 g/mol. The van der Waals surface area contributed by atoms with Gasteiger partial charge in [0, 0.05) is 13.1 Å². The highest BCUT2D eigenvalue weighted by Gasteiger charge is 2.26. The monoisotopic (exact) mass is 232 g/mol. The molecule has 1 aromatic carbocycles. The van der Waals surface area contributed by atoms with Crippen molar-refractivity contribution in [3.05, 3.63) is 35.9 Å². The van der Waals surface area contributed by atoms with Gasteiger partial charge in [0.25, 0.3) is 0 Å². The average Bonchev–Trinajstić information content (AvgIpc) is 2.34. The molecule has 0 saturated carbocycles. The van der Waals surface area contributed by atoms with Gasteiger partial charge in [0.05, 0.1) is 12.6 Å². The Kier molecular flexibility index (Phi) is 3.88. The van der Waals surface area contributed by atoms with Crippen LogP contribution < -0.4 is 5.32 Å². The minimum Gasteiger partial charge on any atom is -0.349 e. The second-order valence-corrected chi connectivity index (χ2v) is 4.29. The molecule has 1 fully saturated rings. The zero-order valence-electron chi connectivity index (χ0n) is 9.63. The predicted octanol–water partition coefficient (Wildman–Crippen LogP) is 0.576. The van der Waals surface area contributed by atoms with Gasteiger partial charge in [-0.25, -0.2) is 0 Å². The highest BCUT2D eigenvalue weighted by Crippen LogP contribution is 2.11. The highest BCUT2D eigenvalue weighted by molar-refractivity contribution is 5.88. The number of carbonyl (C=O) groups excluding carboxylic acids is 2. The summed E-state index contributed by atoms with van der Waals surface area (Å²) < 4.78 is 0. The molecule has 4 heteroatoms. The Balaban J connectivity index is 1.89. The summed E-state index contributed by atoms with van der Waals surface area (Å²) in [4.78, 5) is 24.1. The summed E-state index contributed by atoms with van der Waals surface area (Å²) >= 11 is 0. The van der Waals surface area contributed by atoms with Gasteiger partial charge >= 0.3 is 0 Å². The average molecular weight is 232 g/mol. The third-order valence-electron chi connectivity index (χ3n) is 3.02. The maximum Gasteiger partial charge on any atom is 0.207 e. The molecule has 1 atom stereocenters. The summed E-state index contributed by atoms with van der Waals surface area (Å²) in [7, 11) is 0. The predicted molar refractivity (Wildman–Crippen MR) is 64.3 cm³/mol. The highest BCUT2D eigenvalue weighted by atomic mass is 16.1.